The predicted molar refractivity (Wildman–Crippen MR) is 70.5 cm³/mol. The first kappa shape index (κ1) is 14.2. The van der Waals surface area contributed by atoms with Gasteiger partial charge in [0.15, 0.2) is 0 Å². The van der Waals surface area contributed by atoms with Gasteiger partial charge in [-0.15, -0.1) is 0 Å². The molecule has 0 aromatic carbocycles. The van der Waals surface area contributed by atoms with Crippen LogP contribution in [0, 0.1) is 5.92 Å². The minimum absolute atomic E-state index is 0.0530. The molecule has 1 atom stereocenters. The van der Waals surface area contributed by atoms with Crippen LogP contribution in [0.2, 0.25) is 0 Å². The van der Waals surface area contributed by atoms with Crippen molar-refractivity contribution < 1.29 is 13.2 Å². The molecule has 106 valence electrons. The Balaban J connectivity index is 1.79. The van der Waals surface area contributed by atoms with Crippen LogP contribution in [-0.4, -0.2) is 45.1 Å². The predicted octanol–water partition coefficient (Wildman–Crippen LogP) is 1.12. The van der Waals surface area contributed by atoms with Crippen molar-refractivity contribution in [1.82, 2.24) is 9.03 Å². The van der Waals surface area contributed by atoms with Crippen LogP contribution in [0.3, 0.4) is 0 Å². The third-order valence-corrected chi connectivity index (χ3v) is 5.43. The summed E-state index contributed by atoms with van der Waals surface area (Å²) in [6.07, 6.45) is 5.15. The zero-order chi connectivity index (χ0) is 13.0. The molecule has 5 nitrogen and oxygen atoms in total. The highest BCUT2D eigenvalue weighted by molar-refractivity contribution is 7.87. The van der Waals surface area contributed by atoms with E-state index in [2.05, 4.69) is 11.6 Å². The van der Waals surface area contributed by atoms with Crippen LogP contribution in [0.15, 0.2) is 0 Å². The van der Waals surface area contributed by atoms with Crippen molar-refractivity contribution in [1.29, 1.82) is 0 Å². The van der Waals surface area contributed by atoms with Crippen molar-refractivity contribution in [3.63, 3.8) is 0 Å². The van der Waals surface area contributed by atoms with Gasteiger partial charge >= 0.3 is 0 Å². The molecule has 2 rings (SSSR count). The monoisotopic (exact) mass is 276 g/mol. The summed E-state index contributed by atoms with van der Waals surface area (Å²) < 4.78 is 34.0. The highest BCUT2D eigenvalue weighted by atomic mass is 32.2. The standard InChI is InChI=1S/C12H24N2O3S/c1-11-5-7-14(8-6-11)18(15,16)13-10-12-4-2-3-9-17-12/h11-13H,2-10H2,1H3. The molecular weight excluding hydrogens is 252 g/mol. The van der Waals surface area contributed by atoms with E-state index in [1.807, 2.05) is 0 Å². The Morgan fingerprint density at radius 1 is 1.22 bits per heavy atom. The van der Waals surface area contributed by atoms with Gasteiger partial charge in [-0.1, -0.05) is 6.92 Å². The maximum absolute atomic E-state index is 12.1. The smallest absolute Gasteiger partial charge is 0.279 e. The fourth-order valence-electron chi connectivity index (χ4n) is 2.48. The lowest BCUT2D eigenvalue weighted by Gasteiger charge is -2.30. The van der Waals surface area contributed by atoms with E-state index in [-0.39, 0.29) is 6.10 Å². The van der Waals surface area contributed by atoms with E-state index in [1.54, 1.807) is 4.31 Å². The molecule has 0 aliphatic carbocycles. The van der Waals surface area contributed by atoms with Crippen LogP contribution >= 0.6 is 0 Å². The van der Waals surface area contributed by atoms with Gasteiger partial charge in [0.25, 0.3) is 10.2 Å². The number of piperidine rings is 1. The summed E-state index contributed by atoms with van der Waals surface area (Å²) in [6, 6.07) is 0. The molecule has 2 saturated heterocycles. The highest BCUT2D eigenvalue weighted by Crippen LogP contribution is 2.18. The van der Waals surface area contributed by atoms with Gasteiger partial charge in [-0.25, -0.2) is 0 Å². The highest BCUT2D eigenvalue weighted by Gasteiger charge is 2.27. The van der Waals surface area contributed by atoms with Crippen LogP contribution in [0.25, 0.3) is 0 Å². The van der Waals surface area contributed by atoms with Crippen molar-refractivity contribution in [3.05, 3.63) is 0 Å². The molecular formula is C12H24N2O3S. The lowest BCUT2D eigenvalue weighted by Crippen LogP contribution is -2.47. The van der Waals surface area contributed by atoms with Crippen molar-refractivity contribution in [2.45, 2.75) is 45.1 Å². The second kappa shape index (κ2) is 6.32. The van der Waals surface area contributed by atoms with Crippen LogP contribution in [0.5, 0.6) is 0 Å². The summed E-state index contributed by atoms with van der Waals surface area (Å²) in [5, 5.41) is 0. The molecule has 6 heteroatoms. The number of hydrogen-bond donors (Lipinski definition) is 1. The fourth-order valence-corrected chi connectivity index (χ4v) is 3.75. The third-order valence-electron chi connectivity index (χ3n) is 3.85. The number of rotatable bonds is 4. The van der Waals surface area contributed by atoms with Crippen LogP contribution in [0.1, 0.15) is 39.0 Å². The maximum atomic E-state index is 12.1. The second-order valence-corrected chi connectivity index (χ2v) is 7.18. The summed E-state index contributed by atoms with van der Waals surface area (Å²) in [5.41, 5.74) is 0. The van der Waals surface area contributed by atoms with E-state index < -0.39 is 10.2 Å². The molecule has 0 radical (unpaired) electrons. The van der Waals surface area contributed by atoms with Crippen molar-refractivity contribution in [2.24, 2.45) is 5.92 Å². The Morgan fingerprint density at radius 3 is 2.56 bits per heavy atom. The summed E-state index contributed by atoms with van der Waals surface area (Å²) in [4.78, 5) is 0. The molecule has 2 aliphatic heterocycles. The Labute approximate surface area is 110 Å². The van der Waals surface area contributed by atoms with E-state index in [1.165, 1.54) is 0 Å². The molecule has 2 heterocycles. The van der Waals surface area contributed by atoms with Gasteiger partial charge in [0, 0.05) is 26.2 Å². The van der Waals surface area contributed by atoms with E-state index in [4.69, 9.17) is 4.74 Å². The second-order valence-electron chi connectivity index (χ2n) is 5.42. The summed E-state index contributed by atoms with van der Waals surface area (Å²) in [6.45, 7) is 4.62. The largest absolute Gasteiger partial charge is 0.377 e. The van der Waals surface area contributed by atoms with Crippen LogP contribution in [-0.2, 0) is 14.9 Å². The first-order valence-electron chi connectivity index (χ1n) is 6.94. The molecule has 18 heavy (non-hydrogen) atoms. The minimum atomic E-state index is -3.30. The van der Waals surface area contributed by atoms with Gasteiger partial charge in [0.1, 0.15) is 0 Å². The normalized spacial score (nSPS) is 28.4. The zero-order valence-electron chi connectivity index (χ0n) is 11.1. The molecule has 0 amide bonds. The molecule has 0 saturated carbocycles. The molecule has 1 N–H and O–H groups in total. The summed E-state index contributed by atoms with van der Waals surface area (Å²) in [5.74, 6) is 0.637. The number of hydrogen-bond acceptors (Lipinski definition) is 3. The lowest BCUT2D eigenvalue weighted by atomic mass is 10.0. The van der Waals surface area contributed by atoms with Crippen LogP contribution < -0.4 is 4.72 Å². The molecule has 1 unspecified atom stereocenters. The number of nitrogens with one attached hydrogen (secondary N) is 1. The number of nitrogens with zero attached hydrogens (tertiary/aromatic N) is 1. The Morgan fingerprint density at radius 2 is 1.94 bits per heavy atom. The van der Waals surface area contributed by atoms with Crippen molar-refractivity contribution in [2.75, 3.05) is 26.2 Å². The van der Waals surface area contributed by atoms with Gasteiger partial charge in [0.2, 0.25) is 0 Å². The fraction of sp³-hybridized carbons (Fsp3) is 1.00. The van der Waals surface area contributed by atoms with E-state index in [0.717, 1.165) is 38.7 Å². The zero-order valence-corrected chi connectivity index (χ0v) is 11.9. The third kappa shape index (κ3) is 3.91. The Hall–Kier alpha value is -0.170. The summed E-state index contributed by atoms with van der Waals surface area (Å²) >= 11 is 0. The molecule has 2 aliphatic rings. The average molecular weight is 276 g/mol. The van der Waals surface area contributed by atoms with Crippen molar-refractivity contribution in [3.8, 4) is 0 Å². The molecule has 0 spiro atoms. The van der Waals surface area contributed by atoms with Crippen LogP contribution in [0.4, 0.5) is 0 Å². The average Bonchev–Trinajstić information content (AvgIpc) is 2.38. The van der Waals surface area contributed by atoms with Gasteiger partial charge in [0.05, 0.1) is 6.10 Å². The quantitative estimate of drug-likeness (QED) is 0.837. The van der Waals surface area contributed by atoms with Gasteiger partial charge < -0.3 is 4.74 Å². The molecule has 0 aromatic rings. The minimum Gasteiger partial charge on any atom is -0.377 e. The number of ether oxygens (including phenoxy) is 1. The Kier molecular flexibility index (Phi) is 5.00. The molecule has 0 bridgehead atoms. The molecule has 0 aromatic heterocycles. The van der Waals surface area contributed by atoms with Gasteiger partial charge in [-0.2, -0.15) is 17.4 Å². The van der Waals surface area contributed by atoms with E-state index >= 15 is 0 Å². The lowest BCUT2D eigenvalue weighted by molar-refractivity contribution is 0.0197. The van der Waals surface area contributed by atoms with Gasteiger partial charge in [-0.3, -0.25) is 0 Å². The Bertz CT molecular complexity index is 344. The molecule has 2 fully saturated rings. The summed E-state index contributed by atoms with van der Waals surface area (Å²) in [7, 11) is -3.30. The topological polar surface area (TPSA) is 58.6 Å². The van der Waals surface area contributed by atoms with Crippen molar-refractivity contribution >= 4 is 10.2 Å². The maximum Gasteiger partial charge on any atom is 0.279 e. The van der Waals surface area contributed by atoms with E-state index in [9.17, 15) is 8.42 Å². The first-order valence-corrected chi connectivity index (χ1v) is 8.38. The SMILES string of the molecule is CC1CCN(S(=O)(=O)NCC2CCCCO2)CC1. The first-order chi connectivity index (χ1) is 8.58. The van der Waals surface area contributed by atoms with E-state index in [0.29, 0.717) is 25.6 Å². The van der Waals surface area contributed by atoms with Gasteiger partial charge in [-0.05, 0) is 38.0 Å².